The van der Waals surface area contributed by atoms with Crippen LogP contribution < -0.4 is 0 Å². The number of carboxylic acid groups (broad SMARTS) is 1. The first kappa shape index (κ1) is 19.1. The molecule has 144 valence electrons. The van der Waals surface area contributed by atoms with Gasteiger partial charge in [0.2, 0.25) is 0 Å². The minimum atomic E-state index is -0.688. The number of hydrogen-bond acceptors (Lipinski definition) is 5. The van der Waals surface area contributed by atoms with Crippen LogP contribution >= 0.6 is 0 Å². The Bertz CT molecular complexity index is 609. The van der Waals surface area contributed by atoms with Crippen molar-refractivity contribution in [2.45, 2.75) is 31.8 Å². The highest BCUT2D eigenvalue weighted by molar-refractivity contribution is 5.66. The van der Waals surface area contributed by atoms with Gasteiger partial charge in [0.05, 0.1) is 6.20 Å². The summed E-state index contributed by atoms with van der Waals surface area (Å²) in [6, 6.07) is 0.509. The van der Waals surface area contributed by atoms with Crippen molar-refractivity contribution < 1.29 is 9.90 Å². The number of piperazine rings is 1. The van der Waals surface area contributed by atoms with Crippen LogP contribution in [-0.4, -0.2) is 87.9 Å². The fourth-order valence-corrected chi connectivity index (χ4v) is 4.28. The van der Waals surface area contributed by atoms with Gasteiger partial charge in [-0.1, -0.05) is 6.58 Å². The van der Waals surface area contributed by atoms with E-state index in [1.54, 1.807) is 10.9 Å². The summed E-state index contributed by atoms with van der Waals surface area (Å²) in [5.74, 6) is -0.274. The summed E-state index contributed by atoms with van der Waals surface area (Å²) in [6.07, 6.45) is 7.72. The Kier molecular flexibility index (Phi) is 6.45. The van der Waals surface area contributed by atoms with Gasteiger partial charge >= 0.3 is 5.97 Å². The number of carbonyl (C=O) groups is 1. The van der Waals surface area contributed by atoms with Crippen molar-refractivity contribution in [2.24, 2.45) is 5.92 Å². The van der Waals surface area contributed by atoms with Crippen LogP contribution in [0.25, 0.3) is 6.20 Å². The van der Waals surface area contributed by atoms with E-state index in [0.717, 1.165) is 58.7 Å². The van der Waals surface area contributed by atoms with Crippen molar-refractivity contribution in [1.82, 2.24) is 24.5 Å². The highest BCUT2D eigenvalue weighted by atomic mass is 16.4. The van der Waals surface area contributed by atoms with E-state index in [2.05, 4.69) is 33.4 Å². The molecule has 1 aromatic rings. The van der Waals surface area contributed by atoms with Gasteiger partial charge in [0.25, 0.3) is 0 Å². The minimum Gasteiger partial charge on any atom is -0.481 e. The van der Waals surface area contributed by atoms with Crippen molar-refractivity contribution >= 4 is 12.2 Å². The molecule has 2 aliphatic rings. The van der Waals surface area contributed by atoms with Gasteiger partial charge in [-0.2, -0.15) is 5.10 Å². The Morgan fingerprint density at radius 1 is 1.35 bits per heavy atom. The first-order valence-electron chi connectivity index (χ1n) is 9.57. The van der Waals surface area contributed by atoms with E-state index >= 15 is 0 Å². The van der Waals surface area contributed by atoms with Crippen molar-refractivity contribution in [3.63, 3.8) is 0 Å². The molecule has 1 N–H and O–H groups in total. The second-order valence-corrected chi connectivity index (χ2v) is 7.63. The lowest BCUT2D eigenvalue weighted by Gasteiger charge is -2.46. The molecule has 3 rings (SSSR count). The van der Waals surface area contributed by atoms with Crippen molar-refractivity contribution in [1.29, 1.82) is 0 Å². The number of aliphatic carboxylic acids is 1. The third-order valence-electron chi connectivity index (χ3n) is 5.76. The van der Waals surface area contributed by atoms with Gasteiger partial charge in [-0.25, -0.2) is 4.68 Å². The summed E-state index contributed by atoms with van der Waals surface area (Å²) in [6.45, 7) is 11.0. The molecule has 0 amide bonds. The second kappa shape index (κ2) is 8.79. The van der Waals surface area contributed by atoms with Crippen molar-refractivity contribution in [2.75, 3.05) is 46.3 Å². The lowest BCUT2D eigenvalue weighted by Crippen LogP contribution is -2.56. The molecular weight excluding hydrogens is 330 g/mol. The van der Waals surface area contributed by atoms with Crippen LogP contribution in [0.5, 0.6) is 0 Å². The number of carboxylic acids is 1. The van der Waals surface area contributed by atoms with Crippen LogP contribution in [0.2, 0.25) is 0 Å². The number of aromatic nitrogens is 2. The average molecular weight is 361 g/mol. The molecular formula is C19H31N5O2. The standard InChI is InChI=1S/C19H31N5O2/c1-3-24-14-16(12-20-24)13-22-7-6-18(17(15-22)4-5-19(25)26)23-10-8-21(2)9-11-23/h3,12,14,17-18H,1,4-11,13,15H2,2H3,(H,25,26)/t17-,18+/m1/s1. The van der Waals surface area contributed by atoms with Crippen molar-refractivity contribution in [3.8, 4) is 0 Å². The Morgan fingerprint density at radius 2 is 2.12 bits per heavy atom. The van der Waals surface area contributed by atoms with E-state index in [9.17, 15) is 4.79 Å². The zero-order valence-corrected chi connectivity index (χ0v) is 15.8. The summed E-state index contributed by atoms with van der Waals surface area (Å²) in [5.41, 5.74) is 1.18. The fraction of sp³-hybridized carbons (Fsp3) is 0.684. The molecule has 2 atom stereocenters. The smallest absolute Gasteiger partial charge is 0.303 e. The maximum absolute atomic E-state index is 11.1. The molecule has 2 saturated heterocycles. The summed E-state index contributed by atoms with van der Waals surface area (Å²) < 4.78 is 1.73. The third-order valence-corrected chi connectivity index (χ3v) is 5.76. The van der Waals surface area contributed by atoms with Crippen LogP contribution in [-0.2, 0) is 11.3 Å². The van der Waals surface area contributed by atoms with Gasteiger partial charge in [0.15, 0.2) is 0 Å². The van der Waals surface area contributed by atoms with Crippen molar-refractivity contribution in [3.05, 3.63) is 24.5 Å². The first-order valence-corrected chi connectivity index (χ1v) is 9.57. The lowest BCUT2D eigenvalue weighted by atomic mass is 9.86. The number of piperidine rings is 1. The van der Waals surface area contributed by atoms with E-state index in [1.807, 2.05) is 12.4 Å². The summed E-state index contributed by atoms with van der Waals surface area (Å²) >= 11 is 0. The predicted molar refractivity (Wildman–Crippen MR) is 102 cm³/mol. The van der Waals surface area contributed by atoms with Gasteiger partial charge in [0, 0.05) is 69.7 Å². The molecule has 2 fully saturated rings. The molecule has 0 bridgehead atoms. The van der Waals surface area contributed by atoms with Crippen LogP contribution in [0.4, 0.5) is 0 Å². The second-order valence-electron chi connectivity index (χ2n) is 7.63. The largest absolute Gasteiger partial charge is 0.481 e. The molecule has 0 radical (unpaired) electrons. The quantitative estimate of drug-likeness (QED) is 0.789. The Balaban J connectivity index is 1.62. The van der Waals surface area contributed by atoms with Crippen LogP contribution in [0.15, 0.2) is 19.0 Å². The zero-order chi connectivity index (χ0) is 18.5. The molecule has 2 aliphatic heterocycles. The molecule has 0 saturated carbocycles. The molecule has 0 aromatic carbocycles. The third kappa shape index (κ3) is 4.93. The molecule has 7 heteroatoms. The number of rotatable bonds is 7. The molecule has 3 heterocycles. The molecule has 0 aliphatic carbocycles. The Labute approximate surface area is 155 Å². The van der Waals surface area contributed by atoms with E-state index in [1.165, 1.54) is 5.56 Å². The molecule has 0 unspecified atom stereocenters. The SMILES string of the molecule is C=Cn1cc(CN2CC[C@H](N3CCN(C)CC3)[C@H](CCC(=O)O)C2)cn1. The van der Waals surface area contributed by atoms with E-state index in [-0.39, 0.29) is 6.42 Å². The van der Waals surface area contributed by atoms with Gasteiger partial charge < -0.3 is 10.0 Å². The normalized spacial score (nSPS) is 26.0. The average Bonchev–Trinajstić information content (AvgIpc) is 3.08. The highest BCUT2D eigenvalue weighted by Crippen LogP contribution is 2.28. The molecule has 26 heavy (non-hydrogen) atoms. The Hall–Kier alpha value is -1.70. The maximum Gasteiger partial charge on any atom is 0.303 e. The van der Waals surface area contributed by atoms with Gasteiger partial charge in [-0.3, -0.25) is 14.6 Å². The van der Waals surface area contributed by atoms with E-state index in [4.69, 9.17) is 5.11 Å². The summed E-state index contributed by atoms with van der Waals surface area (Å²) in [7, 11) is 2.17. The summed E-state index contributed by atoms with van der Waals surface area (Å²) in [4.78, 5) is 18.5. The minimum absolute atomic E-state index is 0.261. The van der Waals surface area contributed by atoms with Crippen LogP contribution in [0.3, 0.4) is 0 Å². The molecule has 0 spiro atoms. The van der Waals surface area contributed by atoms with Crippen LogP contribution in [0, 0.1) is 5.92 Å². The number of nitrogens with zero attached hydrogens (tertiary/aromatic N) is 5. The monoisotopic (exact) mass is 361 g/mol. The number of likely N-dealkylation sites (tertiary alicyclic amines) is 1. The highest BCUT2D eigenvalue weighted by Gasteiger charge is 2.34. The predicted octanol–water partition coefficient (Wildman–Crippen LogP) is 1.29. The lowest BCUT2D eigenvalue weighted by molar-refractivity contribution is -0.137. The fourth-order valence-electron chi connectivity index (χ4n) is 4.28. The topological polar surface area (TPSA) is 64.8 Å². The van der Waals surface area contributed by atoms with Gasteiger partial charge in [0.1, 0.15) is 0 Å². The first-order chi connectivity index (χ1) is 12.5. The number of hydrogen-bond donors (Lipinski definition) is 1. The van der Waals surface area contributed by atoms with Crippen LogP contribution in [0.1, 0.15) is 24.8 Å². The summed E-state index contributed by atoms with van der Waals surface area (Å²) in [5, 5.41) is 13.4. The Morgan fingerprint density at radius 3 is 2.77 bits per heavy atom. The zero-order valence-electron chi connectivity index (χ0n) is 15.8. The van der Waals surface area contributed by atoms with Gasteiger partial charge in [-0.15, -0.1) is 0 Å². The van der Waals surface area contributed by atoms with Gasteiger partial charge in [-0.05, 0) is 32.4 Å². The number of likely N-dealkylation sites (N-methyl/N-ethyl adjacent to an activating group) is 1. The maximum atomic E-state index is 11.1. The molecule has 1 aromatic heterocycles. The molecule has 7 nitrogen and oxygen atoms in total. The van der Waals surface area contributed by atoms with E-state index in [0.29, 0.717) is 12.0 Å². The van der Waals surface area contributed by atoms with E-state index < -0.39 is 5.97 Å².